The van der Waals surface area contributed by atoms with E-state index in [0.717, 1.165) is 31.8 Å². The molecule has 2 aromatic rings. The van der Waals surface area contributed by atoms with Crippen LogP contribution in [0.5, 0.6) is 0 Å². The van der Waals surface area contributed by atoms with Gasteiger partial charge in [-0.15, -0.1) is 10.2 Å². The third kappa shape index (κ3) is 3.61. The SMILES string of the molecule is CC(C)n1cc(CNC[C@H]2C[C@H](c3nncn3C)C[C@H]2O)cn1. The quantitative estimate of drug-likeness (QED) is 0.837. The number of aliphatic hydroxyl groups excluding tert-OH is 1. The van der Waals surface area contributed by atoms with Gasteiger partial charge in [-0.2, -0.15) is 5.10 Å². The summed E-state index contributed by atoms with van der Waals surface area (Å²) in [5.41, 5.74) is 1.18. The number of hydrogen-bond acceptors (Lipinski definition) is 5. The number of aliphatic hydroxyl groups is 1. The van der Waals surface area contributed by atoms with Gasteiger partial charge in [-0.3, -0.25) is 4.68 Å². The van der Waals surface area contributed by atoms with E-state index in [-0.39, 0.29) is 12.0 Å². The van der Waals surface area contributed by atoms with Crippen molar-refractivity contribution in [3.63, 3.8) is 0 Å². The van der Waals surface area contributed by atoms with E-state index >= 15 is 0 Å². The van der Waals surface area contributed by atoms with Crippen molar-refractivity contribution in [2.24, 2.45) is 13.0 Å². The van der Waals surface area contributed by atoms with E-state index in [1.54, 1.807) is 6.33 Å². The largest absolute Gasteiger partial charge is 0.393 e. The Morgan fingerprint density at radius 3 is 2.87 bits per heavy atom. The molecule has 126 valence electrons. The maximum atomic E-state index is 10.3. The van der Waals surface area contributed by atoms with Crippen LogP contribution < -0.4 is 5.32 Å². The third-order valence-corrected chi connectivity index (χ3v) is 4.69. The van der Waals surface area contributed by atoms with Crippen LogP contribution in [-0.2, 0) is 13.6 Å². The van der Waals surface area contributed by atoms with Gasteiger partial charge in [0, 0.05) is 43.9 Å². The van der Waals surface area contributed by atoms with Crippen LogP contribution in [-0.4, -0.2) is 42.3 Å². The van der Waals surface area contributed by atoms with Gasteiger partial charge < -0.3 is 15.0 Å². The number of aromatic nitrogens is 5. The zero-order valence-electron chi connectivity index (χ0n) is 14.1. The molecular formula is C16H26N6O. The summed E-state index contributed by atoms with van der Waals surface area (Å²) >= 11 is 0. The zero-order valence-corrected chi connectivity index (χ0v) is 14.1. The Hall–Kier alpha value is -1.73. The molecule has 0 aliphatic heterocycles. The Labute approximate surface area is 136 Å². The molecule has 3 atom stereocenters. The lowest BCUT2D eigenvalue weighted by Crippen LogP contribution is -2.27. The fourth-order valence-electron chi connectivity index (χ4n) is 3.35. The molecule has 1 aliphatic carbocycles. The maximum Gasteiger partial charge on any atom is 0.135 e. The van der Waals surface area contributed by atoms with Gasteiger partial charge in [0.2, 0.25) is 0 Å². The average Bonchev–Trinajstić information content (AvgIpc) is 3.20. The summed E-state index contributed by atoms with van der Waals surface area (Å²) in [5, 5.41) is 26.2. The molecule has 0 amide bonds. The smallest absolute Gasteiger partial charge is 0.135 e. The van der Waals surface area contributed by atoms with Gasteiger partial charge in [0.1, 0.15) is 12.2 Å². The fourth-order valence-corrected chi connectivity index (χ4v) is 3.35. The first-order valence-corrected chi connectivity index (χ1v) is 8.30. The van der Waals surface area contributed by atoms with Crippen molar-refractivity contribution in [3.8, 4) is 0 Å². The zero-order chi connectivity index (χ0) is 16.4. The molecule has 2 heterocycles. The van der Waals surface area contributed by atoms with Crippen molar-refractivity contribution in [2.45, 2.75) is 51.3 Å². The molecule has 1 aliphatic rings. The first kappa shape index (κ1) is 16.1. The first-order valence-electron chi connectivity index (χ1n) is 8.30. The van der Waals surface area contributed by atoms with E-state index in [1.807, 2.05) is 22.5 Å². The summed E-state index contributed by atoms with van der Waals surface area (Å²) in [7, 11) is 1.96. The number of rotatable bonds is 6. The molecule has 1 fully saturated rings. The second kappa shape index (κ2) is 6.80. The number of aryl methyl sites for hydroxylation is 1. The highest BCUT2D eigenvalue weighted by molar-refractivity contribution is 5.05. The molecule has 1 saturated carbocycles. The van der Waals surface area contributed by atoms with Gasteiger partial charge in [-0.1, -0.05) is 0 Å². The summed E-state index contributed by atoms with van der Waals surface area (Å²) < 4.78 is 3.92. The Morgan fingerprint density at radius 1 is 1.39 bits per heavy atom. The average molecular weight is 318 g/mol. The molecule has 0 saturated heterocycles. The molecule has 3 rings (SSSR count). The van der Waals surface area contributed by atoms with E-state index in [4.69, 9.17) is 0 Å². The van der Waals surface area contributed by atoms with Gasteiger partial charge in [0.05, 0.1) is 12.3 Å². The van der Waals surface area contributed by atoms with Gasteiger partial charge in [-0.05, 0) is 32.6 Å². The van der Waals surface area contributed by atoms with Crippen LogP contribution in [0.2, 0.25) is 0 Å². The molecule has 23 heavy (non-hydrogen) atoms. The van der Waals surface area contributed by atoms with Gasteiger partial charge in [-0.25, -0.2) is 0 Å². The van der Waals surface area contributed by atoms with Crippen molar-refractivity contribution in [2.75, 3.05) is 6.54 Å². The Morgan fingerprint density at radius 2 is 2.22 bits per heavy atom. The van der Waals surface area contributed by atoms with Gasteiger partial charge in [0.25, 0.3) is 0 Å². The van der Waals surface area contributed by atoms with Gasteiger partial charge in [0.15, 0.2) is 0 Å². The van der Waals surface area contributed by atoms with Crippen LogP contribution in [0.1, 0.15) is 50.0 Å². The predicted octanol–water partition coefficient (Wildman–Crippen LogP) is 1.24. The van der Waals surface area contributed by atoms with Crippen molar-refractivity contribution in [1.82, 2.24) is 29.9 Å². The van der Waals surface area contributed by atoms with Crippen LogP contribution in [0.3, 0.4) is 0 Å². The first-order chi connectivity index (χ1) is 11.0. The lowest BCUT2D eigenvalue weighted by Gasteiger charge is -2.14. The van der Waals surface area contributed by atoms with Crippen LogP contribution >= 0.6 is 0 Å². The van der Waals surface area contributed by atoms with Gasteiger partial charge >= 0.3 is 0 Å². The summed E-state index contributed by atoms with van der Waals surface area (Å²) in [6.07, 6.45) is 7.14. The highest BCUT2D eigenvalue weighted by atomic mass is 16.3. The molecule has 2 aromatic heterocycles. The van der Waals surface area contributed by atoms with Crippen LogP contribution in [0, 0.1) is 5.92 Å². The minimum atomic E-state index is -0.275. The van der Waals surface area contributed by atoms with Crippen LogP contribution in [0.25, 0.3) is 0 Å². The van der Waals surface area contributed by atoms with Crippen LogP contribution in [0.15, 0.2) is 18.7 Å². The summed E-state index contributed by atoms with van der Waals surface area (Å²) in [5.74, 6) is 1.54. The number of nitrogens with one attached hydrogen (secondary N) is 1. The summed E-state index contributed by atoms with van der Waals surface area (Å²) in [6.45, 7) is 5.82. The number of nitrogens with zero attached hydrogens (tertiary/aromatic N) is 5. The molecule has 7 heteroatoms. The fraction of sp³-hybridized carbons (Fsp3) is 0.688. The summed E-state index contributed by atoms with van der Waals surface area (Å²) in [4.78, 5) is 0. The van der Waals surface area contributed by atoms with E-state index in [2.05, 4.69) is 40.7 Å². The van der Waals surface area contributed by atoms with Crippen molar-refractivity contribution >= 4 is 0 Å². The third-order valence-electron chi connectivity index (χ3n) is 4.69. The predicted molar refractivity (Wildman–Crippen MR) is 86.8 cm³/mol. The molecule has 0 bridgehead atoms. The Kier molecular flexibility index (Phi) is 4.77. The standard InChI is InChI=1S/C16H26N6O/c1-11(2)22-9-12(7-19-22)6-17-8-14-4-13(5-15(14)23)16-20-18-10-21(16)3/h7,9-11,13-15,17,23H,4-6,8H2,1-3H3/t13-,14+,15+/m0/s1. The van der Waals surface area contributed by atoms with E-state index in [1.165, 1.54) is 5.56 Å². The van der Waals surface area contributed by atoms with Crippen molar-refractivity contribution in [1.29, 1.82) is 0 Å². The highest BCUT2D eigenvalue weighted by Crippen LogP contribution is 2.37. The van der Waals surface area contributed by atoms with E-state index < -0.39 is 0 Å². The lowest BCUT2D eigenvalue weighted by molar-refractivity contribution is 0.131. The second-order valence-corrected chi connectivity index (χ2v) is 6.85. The molecule has 0 unspecified atom stereocenters. The minimum absolute atomic E-state index is 0.261. The maximum absolute atomic E-state index is 10.3. The Balaban J connectivity index is 1.49. The van der Waals surface area contributed by atoms with E-state index in [0.29, 0.717) is 12.0 Å². The second-order valence-electron chi connectivity index (χ2n) is 6.85. The molecule has 0 spiro atoms. The monoisotopic (exact) mass is 318 g/mol. The van der Waals surface area contributed by atoms with Crippen molar-refractivity contribution in [3.05, 3.63) is 30.1 Å². The van der Waals surface area contributed by atoms with E-state index in [9.17, 15) is 5.11 Å². The molecule has 0 aromatic carbocycles. The summed E-state index contributed by atoms with van der Waals surface area (Å²) in [6, 6.07) is 0.382. The molecular weight excluding hydrogens is 292 g/mol. The normalized spacial score (nSPS) is 24.7. The lowest BCUT2D eigenvalue weighted by atomic mass is 10.0. The van der Waals surface area contributed by atoms with Crippen molar-refractivity contribution < 1.29 is 5.11 Å². The Bertz CT molecular complexity index is 634. The minimum Gasteiger partial charge on any atom is -0.393 e. The van der Waals surface area contributed by atoms with Crippen LogP contribution in [0.4, 0.5) is 0 Å². The highest BCUT2D eigenvalue weighted by Gasteiger charge is 2.35. The topological polar surface area (TPSA) is 80.8 Å². The molecule has 2 N–H and O–H groups in total. The molecule has 7 nitrogen and oxygen atoms in total. The number of hydrogen-bond donors (Lipinski definition) is 2. The molecule has 0 radical (unpaired) electrons.